The van der Waals surface area contributed by atoms with E-state index >= 15 is 0 Å². The monoisotopic (exact) mass is 310 g/mol. The second-order valence-corrected chi connectivity index (χ2v) is 5.05. The predicted octanol–water partition coefficient (Wildman–Crippen LogP) is 1.41. The van der Waals surface area contributed by atoms with E-state index in [9.17, 15) is 19.5 Å². The van der Waals surface area contributed by atoms with E-state index in [-0.39, 0.29) is 37.1 Å². The van der Waals surface area contributed by atoms with Crippen molar-refractivity contribution in [3.05, 3.63) is 24.2 Å². The Hall–Kier alpha value is -2.31. The molecule has 2 amide bonds. The van der Waals surface area contributed by atoms with Crippen molar-refractivity contribution in [1.29, 1.82) is 0 Å². The highest BCUT2D eigenvalue weighted by Gasteiger charge is 2.34. The number of amides is 2. The molecule has 0 aliphatic heterocycles. The van der Waals surface area contributed by atoms with Crippen molar-refractivity contribution in [2.24, 2.45) is 5.41 Å². The van der Waals surface area contributed by atoms with Gasteiger partial charge in [-0.15, -0.1) is 0 Å². The van der Waals surface area contributed by atoms with E-state index in [1.165, 1.54) is 12.3 Å². The second kappa shape index (κ2) is 8.21. The molecule has 0 saturated heterocycles. The number of hydrogen-bond acceptors (Lipinski definition) is 4. The van der Waals surface area contributed by atoms with Gasteiger partial charge in [-0.2, -0.15) is 0 Å². The molecule has 1 heterocycles. The lowest BCUT2D eigenvalue weighted by Gasteiger charge is -2.26. The zero-order chi connectivity index (χ0) is 16.6. The van der Waals surface area contributed by atoms with E-state index in [0.29, 0.717) is 12.8 Å². The van der Waals surface area contributed by atoms with Crippen LogP contribution < -0.4 is 10.6 Å². The zero-order valence-electron chi connectivity index (χ0n) is 12.8. The van der Waals surface area contributed by atoms with E-state index in [1.54, 1.807) is 19.9 Å². The molecular formula is C15H22N2O5. The van der Waals surface area contributed by atoms with Gasteiger partial charge in [-0.1, -0.05) is 13.8 Å². The first-order valence-corrected chi connectivity index (χ1v) is 7.27. The summed E-state index contributed by atoms with van der Waals surface area (Å²) in [5, 5.41) is 14.4. The molecule has 0 aromatic carbocycles. The molecule has 0 spiro atoms. The summed E-state index contributed by atoms with van der Waals surface area (Å²) in [5.41, 5.74) is -0.937. The highest BCUT2D eigenvalue weighted by Crippen LogP contribution is 2.25. The van der Waals surface area contributed by atoms with Gasteiger partial charge in [-0.05, 0) is 25.0 Å². The summed E-state index contributed by atoms with van der Waals surface area (Å²) in [6.07, 6.45) is 2.35. The summed E-state index contributed by atoms with van der Waals surface area (Å²) >= 11 is 0. The normalized spacial score (nSPS) is 11.0. The maximum Gasteiger partial charge on any atom is 0.311 e. The molecule has 0 bridgehead atoms. The van der Waals surface area contributed by atoms with Gasteiger partial charge in [0.25, 0.3) is 5.91 Å². The maximum absolute atomic E-state index is 11.7. The van der Waals surface area contributed by atoms with Crippen molar-refractivity contribution in [1.82, 2.24) is 10.6 Å². The van der Waals surface area contributed by atoms with Crippen LogP contribution in [0, 0.1) is 5.41 Å². The Morgan fingerprint density at radius 2 is 1.91 bits per heavy atom. The molecule has 0 unspecified atom stereocenters. The Balaban J connectivity index is 2.34. The number of furan rings is 1. The smallest absolute Gasteiger partial charge is 0.311 e. The highest BCUT2D eigenvalue weighted by atomic mass is 16.4. The SMILES string of the molecule is CCC(CC)(CNC(=O)CCNC(=O)c1ccco1)C(=O)O. The lowest BCUT2D eigenvalue weighted by Crippen LogP contribution is -2.43. The van der Waals surface area contributed by atoms with E-state index in [0.717, 1.165) is 0 Å². The molecular weight excluding hydrogens is 288 g/mol. The number of nitrogens with one attached hydrogen (secondary N) is 2. The van der Waals surface area contributed by atoms with Gasteiger partial charge in [0.1, 0.15) is 0 Å². The van der Waals surface area contributed by atoms with Gasteiger partial charge in [0, 0.05) is 19.5 Å². The second-order valence-electron chi connectivity index (χ2n) is 5.05. The van der Waals surface area contributed by atoms with Gasteiger partial charge in [0.05, 0.1) is 11.7 Å². The number of rotatable bonds is 9. The van der Waals surface area contributed by atoms with Crippen LogP contribution in [-0.2, 0) is 9.59 Å². The molecule has 1 rings (SSSR count). The molecule has 0 atom stereocenters. The number of carbonyl (C=O) groups is 3. The van der Waals surface area contributed by atoms with Crippen LogP contribution in [0.2, 0.25) is 0 Å². The van der Waals surface area contributed by atoms with Crippen LogP contribution in [0.1, 0.15) is 43.7 Å². The van der Waals surface area contributed by atoms with Crippen LogP contribution >= 0.6 is 0 Å². The first-order valence-electron chi connectivity index (χ1n) is 7.27. The number of carboxylic acid groups (broad SMARTS) is 1. The Morgan fingerprint density at radius 1 is 1.23 bits per heavy atom. The quantitative estimate of drug-likeness (QED) is 0.639. The summed E-state index contributed by atoms with van der Waals surface area (Å²) in [6, 6.07) is 3.13. The van der Waals surface area contributed by atoms with Crippen LogP contribution in [0.15, 0.2) is 22.8 Å². The molecule has 0 fully saturated rings. The van der Waals surface area contributed by atoms with Crippen molar-refractivity contribution in [2.75, 3.05) is 13.1 Å². The molecule has 1 aromatic rings. The minimum Gasteiger partial charge on any atom is -0.481 e. The Morgan fingerprint density at radius 3 is 2.41 bits per heavy atom. The first-order chi connectivity index (χ1) is 10.4. The van der Waals surface area contributed by atoms with Gasteiger partial charge in [-0.3, -0.25) is 14.4 Å². The molecule has 0 radical (unpaired) electrons. The lowest BCUT2D eigenvalue weighted by molar-refractivity contribution is -0.149. The molecule has 7 heteroatoms. The Labute approximate surface area is 129 Å². The Kier molecular flexibility index (Phi) is 6.62. The summed E-state index contributed by atoms with van der Waals surface area (Å²) in [7, 11) is 0. The Bertz CT molecular complexity index is 506. The fraction of sp³-hybridized carbons (Fsp3) is 0.533. The van der Waals surface area contributed by atoms with E-state index in [1.807, 2.05) is 0 Å². The maximum atomic E-state index is 11.7. The molecule has 7 nitrogen and oxygen atoms in total. The molecule has 3 N–H and O–H groups in total. The van der Waals surface area contributed by atoms with Crippen molar-refractivity contribution >= 4 is 17.8 Å². The standard InChI is InChI=1S/C15H22N2O5/c1-3-15(4-2,14(20)21)10-17-12(18)7-8-16-13(19)11-6-5-9-22-11/h5-6,9H,3-4,7-8,10H2,1-2H3,(H,16,19)(H,17,18)(H,20,21). The zero-order valence-corrected chi connectivity index (χ0v) is 12.8. The third-order valence-electron chi connectivity index (χ3n) is 3.81. The summed E-state index contributed by atoms with van der Waals surface area (Å²) in [4.78, 5) is 34.6. The highest BCUT2D eigenvalue weighted by molar-refractivity contribution is 5.91. The topological polar surface area (TPSA) is 109 Å². The molecule has 0 saturated carbocycles. The van der Waals surface area contributed by atoms with Gasteiger partial charge in [0.2, 0.25) is 5.91 Å². The van der Waals surface area contributed by atoms with Gasteiger partial charge < -0.3 is 20.2 Å². The van der Waals surface area contributed by atoms with E-state index < -0.39 is 11.4 Å². The van der Waals surface area contributed by atoms with Crippen LogP contribution in [0.5, 0.6) is 0 Å². The van der Waals surface area contributed by atoms with Crippen LogP contribution in [-0.4, -0.2) is 36.0 Å². The molecule has 0 aliphatic rings. The average Bonchev–Trinajstić information content (AvgIpc) is 3.02. The van der Waals surface area contributed by atoms with Crippen molar-refractivity contribution in [3.63, 3.8) is 0 Å². The third-order valence-corrected chi connectivity index (χ3v) is 3.81. The predicted molar refractivity (Wildman–Crippen MR) is 79.3 cm³/mol. The number of aliphatic carboxylic acids is 1. The summed E-state index contributed by atoms with van der Waals surface area (Å²) in [5.74, 6) is -1.42. The van der Waals surface area contributed by atoms with E-state index in [2.05, 4.69) is 10.6 Å². The summed E-state index contributed by atoms with van der Waals surface area (Å²) in [6.45, 7) is 3.81. The van der Waals surface area contributed by atoms with Gasteiger partial charge in [0.15, 0.2) is 5.76 Å². The van der Waals surface area contributed by atoms with Crippen molar-refractivity contribution < 1.29 is 23.9 Å². The van der Waals surface area contributed by atoms with Crippen molar-refractivity contribution in [2.45, 2.75) is 33.1 Å². The number of hydrogen-bond donors (Lipinski definition) is 3. The fourth-order valence-corrected chi connectivity index (χ4v) is 2.02. The first kappa shape index (κ1) is 17.7. The van der Waals surface area contributed by atoms with Gasteiger partial charge in [-0.25, -0.2) is 0 Å². The van der Waals surface area contributed by atoms with Crippen LogP contribution in [0.4, 0.5) is 0 Å². The number of carboxylic acids is 1. The molecule has 22 heavy (non-hydrogen) atoms. The molecule has 0 aliphatic carbocycles. The lowest BCUT2D eigenvalue weighted by atomic mass is 9.82. The average molecular weight is 310 g/mol. The van der Waals surface area contributed by atoms with Gasteiger partial charge >= 0.3 is 5.97 Å². The minimum atomic E-state index is -0.937. The van der Waals surface area contributed by atoms with E-state index in [4.69, 9.17) is 4.42 Å². The minimum absolute atomic E-state index is 0.0789. The summed E-state index contributed by atoms with van der Waals surface area (Å²) < 4.78 is 4.92. The largest absolute Gasteiger partial charge is 0.481 e. The molecule has 1 aromatic heterocycles. The number of carbonyl (C=O) groups excluding carboxylic acids is 2. The van der Waals surface area contributed by atoms with Crippen LogP contribution in [0.25, 0.3) is 0 Å². The van der Waals surface area contributed by atoms with Crippen LogP contribution in [0.3, 0.4) is 0 Å². The third kappa shape index (κ3) is 4.61. The fourth-order valence-electron chi connectivity index (χ4n) is 2.02. The van der Waals surface area contributed by atoms with Crippen molar-refractivity contribution in [3.8, 4) is 0 Å². The molecule has 122 valence electrons.